The van der Waals surface area contributed by atoms with Crippen LogP contribution in [0.25, 0.3) is 0 Å². The first-order valence-electron chi connectivity index (χ1n) is 8.77. The van der Waals surface area contributed by atoms with Gasteiger partial charge in [0.1, 0.15) is 5.82 Å². The molecule has 1 aromatic heterocycles. The standard InChI is InChI=1S/C17H27N5O2/c1-20(2)8-9-21-6-3-7-22-15(12-21)19-14(10-16(22)23)11-18-17(24)13-4-5-13/h10,13H,3-9,11-12H2,1-2H3,(H,18,24). The van der Waals surface area contributed by atoms with Crippen LogP contribution in [0.5, 0.6) is 0 Å². The molecule has 0 aromatic carbocycles. The van der Waals surface area contributed by atoms with Crippen molar-refractivity contribution in [2.24, 2.45) is 5.92 Å². The molecular weight excluding hydrogens is 306 g/mol. The molecular formula is C17H27N5O2. The van der Waals surface area contributed by atoms with Gasteiger partial charge in [0.15, 0.2) is 0 Å². The Balaban J connectivity index is 1.69. The van der Waals surface area contributed by atoms with Gasteiger partial charge in [-0.25, -0.2) is 4.98 Å². The molecule has 0 saturated heterocycles. The molecule has 1 fully saturated rings. The number of rotatable bonds is 6. The molecule has 24 heavy (non-hydrogen) atoms. The van der Waals surface area contributed by atoms with Gasteiger partial charge in [-0.1, -0.05) is 0 Å². The molecule has 7 nitrogen and oxygen atoms in total. The topological polar surface area (TPSA) is 70.5 Å². The van der Waals surface area contributed by atoms with Gasteiger partial charge in [-0.05, 0) is 33.4 Å². The molecule has 1 saturated carbocycles. The van der Waals surface area contributed by atoms with Crippen molar-refractivity contribution in [3.8, 4) is 0 Å². The van der Waals surface area contributed by atoms with Crippen molar-refractivity contribution in [1.82, 2.24) is 24.7 Å². The molecule has 1 amide bonds. The lowest BCUT2D eigenvalue weighted by molar-refractivity contribution is -0.122. The second kappa shape index (κ2) is 7.44. The van der Waals surface area contributed by atoms with E-state index in [1.165, 1.54) is 0 Å². The van der Waals surface area contributed by atoms with Crippen LogP contribution in [0.2, 0.25) is 0 Å². The van der Waals surface area contributed by atoms with Gasteiger partial charge in [-0.2, -0.15) is 0 Å². The molecule has 3 rings (SSSR count). The third-order valence-corrected chi connectivity index (χ3v) is 4.62. The summed E-state index contributed by atoms with van der Waals surface area (Å²) in [6.45, 7) is 4.68. The Kier molecular flexibility index (Phi) is 5.30. The zero-order valence-electron chi connectivity index (χ0n) is 14.6. The lowest BCUT2D eigenvalue weighted by atomic mass is 10.3. The Bertz CT molecular complexity index is 651. The number of aromatic nitrogens is 2. The first-order chi connectivity index (χ1) is 11.5. The van der Waals surface area contributed by atoms with Gasteiger partial charge in [0.05, 0.1) is 18.8 Å². The second-order valence-electron chi connectivity index (χ2n) is 7.08. The van der Waals surface area contributed by atoms with Gasteiger partial charge in [-0.3, -0.25) is 19.1 Å². The predicted octanol–water partition coefficient (Wildman–Crippen LogP) is 0.0368. The second-order valence-corrected chi connectivity index (χ2v) is 7.08. The average Bonchev–Trinajstić information content (AvgIpc) is 3.37. The van der Waals surface area contributed by atoms with Crippen LogP contribution in [-0.2, 0) is 24.4 Å². The minimum atomic E-state index is -0.00914. The first kappa shape index (κ1) is 17.1. The Morgan fingerprint density at radius 2 is 2.17 bits per heavy atom. The minimum Gasteiger partial charge on any atom is -0.350 e. The Labute approximate surface area is 142 Å². The number of amides is 1. The third-order valence-electron chi connectivity index (χ3n) is 4.62. The normalized spacial score (nSPS) is 18.3. The van der Waals surface area contributed by atoms with Crippen LogP contribution in [0.15, 0.2) is 10.9 Å². The summed E-state index contributed by atoms with van der Waals surface area (Å²) < 4.78 is 1.78. The highest BCUT2D eigenvalue weighted by molar-refractivity contribution is 5.80. The van der Waals surface area contributed by atoms with Gasteiger partial charge in [0.2, 0.25) is 5.91 Å². The SMILES string of the molecule is CN(C)CCN1CCCn2c(nc(CNC(=O)C3CC3)cc2=O)C1. The van der Waals surface area contributed by atoms with Gasteiger partial charge in [0, 0.05) is 38.2 Å². The van der Waals surface area contributed by atoms with Crippen LogP contribution >= 0.6 is 0 Å². The highest BCUT2D eigenvalue weighted by atomic mass is 16.2. The number of hydrogen-bond donors (Lipinski definition) is 1. The van der Waals surface area contributed by atoms with E-state index < -0.39 is 0 Å². The van der Waals surface area contributed by atoms with Crippen LogP contribution in [0.3, 0.4) is 0 Å². The average molecular weight is 333 g/mol. The van der Waals surface area contributed by atoms with E-state index >= 15 is 0 Å². The van der Waals surface area contributed by atoms with Crippen LogP contribution in [-0.4, -0.2) is 59.0 Å². The van der Waals surface area contributed by atoms with Crippen LogP contribution < -0.4 is 10.9 Å². The van der Waals surface area contributed by atoms with E-state index in [2.05, 4.69) is 34.2 Å². The lowest BCUT2D eigenvalue weighted by Crippen LogP contribution is -2.33. The number of carbonyl (C=O) groups excluding carboxylic acids is 1. The Hall–Kier alpha value is -1.73. The smallest absolute Gasteiger partial charge is 0.253 e. The quantitative estimate of drug-likeness (QED) is 0.796. The maximum absolute atomic E-state index is 12.4. The van der Waals surface area contributed by atoms with Crippen molar-refractivity contribution in [2.75, 3.05) is 33.7 Å². The predicted molar refractivity (Wildman–Crippen MR) is 91.5 cm³/mol. The fourth-order valence-electron chi connectivity index (χ4n) is 2.99. The van der Waals surface area contributed by atoms with Gasteiger partial charge in [0.25, 0.3) is 5.56 Å². The molecule has 1 aromatic rings. The zero-order chi connectivity index (χ0) is 17.1. The van der Waals surface area contributed by atoms with E-state index in [1.807, 2.05) is 0 Å². The highest BCUT2D eigenvalue weighted by Gasteiger charge is 2.29. The van der Waals surface area contributed by atoms with E-state index in [9.17, 15) is 9.59 Å². The van der Waals surface area contributed by atoms with E-state index in [0.717, 1.165) is 44.7 Å². The van der Waals surface area contributed by atoms with Gasteiger partial charge in [-0.15, -0.1) is 0 Å². The van der Waals surface area contributed by atoms with Crippen molar-refractivity contribution in [3.05, 3.63) is 27.9 Å². The summed E-state index contributed by atoms with van der Waals surface area (Å²) in [4.78, 5) is 33.3. The number of fused-ring (bicyclic) bond motifs is 1. The highest BCUT2D eigenvalue weighted by Crippen LogP contribution is 2.28. The number of nitrogens with one attached hydrogen (secondary N) is 1. The summed E-state index contributed by atoms with van der Waals surface area (Å²) in [6, 6.07) is 1.56. The fourth-order valence-corrected chi connectivity index (χ4v) is 2.99. The number of nitrogens with zero attached hydrogens (tertiary/aromatic N) is 4. The Morgan fingerprint density at radius 1 is 1.38 bits per heavy atom. The summed E-state index contributed by atoms with van der Waals surface area (Å²) >= 11 is 0. The molecule has 0 atom stereocenters. The number of hydrogen-bond acceptors (Lipinski definition) is 5. The number of carbonyl (C=O) groups is 1. The molecule has 0 spiro atoms. The van der Waals surface area contributed by atoms with Crippen molar-refractivity contribution in [2.45, 2.75) is 38.9 Å². The third kappa shape index (κ3) is 4.42. The summed E-state index contributed by atoms with van der Waals surface area (Å²) in [5.41, 5.74) is 0.653. The molecule has 2 heterocycles. The van der Waals surface area contributed by atoms with Crippen molar-refractivity contribution < 1.29 is 4.79 Å². The lowest BCUT2D eigenvalue weighted by Gasteiger charge is -2.21. The van der Waals surface area contributed by atoms with Crippen molar-refractivity contribution in [1.29, 1.82) is 0 Å². The van der Waals surface area contributed by atoms with E-state index in [0.29, 0.717) is 25.3 Å². The molecule has 132 valence electrons. The molecule has 0 bridgehead atoms. The molecule has 1 aliphatic carbocycles. The molecule has 1 aliphatic heterocycles. The summed E-state index contributed by atoms with van der Waals surface area (Å²) in [6.07, 6.45) is 2.92. The fraction of sp³-hybridized carbons (Fsp3) is 0.706. The van der Waals surface area contributed by atoms with Crippen LogP contribution in [0.1, 0.15) is 30.8 Å². The first-order valence-corrected chi connectivity index (χ1v) is 8.77. The zero-order valence-corrected chi connectivity index (χ0v) is 14.6. The molecule has 2 aliphatic rings. The van der Waals surface area contributed by atoms with Gasteiger partial charge < -0.3 is 10.2 Å². The largest absolute Gasteiger partial charge is 0.350 e. The Morgan fingerprint density at radius 3 is 2.88 bits per heavy atom. The number of likely N-dealkylation sites (N-methyl/N-ethyl adjacent to an activating group) is 1. The van der Waals surface area contributed by atoms with E-state index in [4.69, 9.17) is 0 Å². The van der Waals surface area contributed by atoms with Crippen LogP contribution in [0.4, 0.5) is 0 Å². The molecule has 0 unspecified atom stereocenters. The molecule has 7 heteroatoms. The summed E-state index contributed by atoms with van der Waals surface area (Å²) in [7, 11) is 4.13. The van der Waals surface area contributed by atoms with E-state index in [1.54, 1.807) is 10.6 Å². The summed E-state index contributed by atoms with van der Waals surface area (Å²) in [5, 5.41) is 2.89. The van der Waals surface area contributed by atoms with Gasteiger partial charge >= 0.3 is 0 Å². The monoisotopic (exact) mass is 333 g/mol. The van der Waals surface area contributed by atoms with Crippen molar-refractivity contribution in [3.63, 3.8) is 0 Å². The maximum atomic E-state index is 12.4. The minimum absolute atomic E-state index is 0.00914. The van der Waals surface area contributed by atoms with Crippen molar-refractivity contribution >= 4 is 5.91 Å². The summed E-state index contributed by atoms with van der Waals surface area (Å²) in [5.74, 6) is 1.07. The van der Waals surface area contributed by atoms with Crippen LogP contribution in [0, 0.1) is 5.92 Å². The molecule has 0 radical (unpaired) electrons. The van der Waals surface area contributed by atoms with E-state index in [-0.39, 0.29) is 17.4 Å². The molecule has 1 N–H and O–H groups in total. The maximum Gasteiger partial charge on any atom is 0.253 e.